The third kappa shape index (κ3) is 5.64. The SMILES string of the molecule is NC(=O)Cc1ccccc1C1CCC1.O=C(O)C(O)C(O)C(=O)O. The summed E-state index contributed by atoms with van der Waals surface area (Å²) < 4.78 is 0. The van der Waals surface area contributed by atoms with E-state index in [1.54, 1.807) is 0 Å². The van der Waals surface area contributed by atoms with Crippen LogP contribution in [0.4, 0.5) is 0 Å². The molecule has 1 aliphatic rings. The van der Waals surface area contributed by atoms with E-state index in [4.69, 9.17) is 26.2 Å². The number of rotatable bonds is 6. The fraction of sp³-hybridized carbons (Fsp3) is 0.438. The third-order valence-corrected chi connectivity index (χ3v) is 3.77. The van der Waals surface area contributed by atoms with Crippen molar-refractivity contribution in [3.05, 3.63) is 35.4 Å². The molecule has 1 aromatic rings. The van der Waals surface area contributed by atoms with Crippen molar-refractivity contribution in [2.75, 3.05) is 0 Å². The molecule has 8 nitrogen and oxygen atoms in total. The highest BCUT2D eigenvalue weighted by Gasteiger charge is 2.29. The smallest absolute Gasteiger partial charge is 0.335 e. The molecule has 0 aromatic heterocycles. The summed E-state index contributed by atoms with van der Waals surface area (Å²) in [5, 5.41) is 32.5. The van der Waals surface area contributed by atoms with Crippen LogP contribution in [0.3, 0.4) is 0 Å². The number of carboxylic acid groups (broad SMARTS) is 2. The Morgan fingerprint density at radius 1 is 1.04 bits per heavy atom. The fourth-order valence-corrected chi connectivity index (χ4v) is 2.27. The average Bonchev–Trinajstić information content (AvgIpc) is 2.45. The number of carbonyl (C=O) groups is 3. The summed E-state index contributed by atoms with van der Waals surface area (Å²) in [6, 6.07) is 8.15. The minimum Gasteiger partial charge on any atom is -0.479 e. The number of nitrogens with two attached hydrogens (primary N) is 1. The molecular formula is C16H21NO7. The number of carboxylic acids is 2. The molecule has 1 saturated carbocycles. The summed E-state index contributed by atoms with van der Waals surface area (Å²) in [5.41, 5.74) is 7.66. The molecule has 2 atom stereocenters. The predicted octanol–water partition coefficient (Wildman–Crippen LogP) is -0.141. The van der Waals surface area contributed by atoms with Crippen LogP contribution in [0, 0.1) is 0 Å². The lowest BCUT2D eigenvalue weighted by atomic mass is 9.78. The number of primary amides is 1. The number of aliphatic hydroxyl groups excluding tert-OH is 2. The second-order valence-electron chi connectivity index (χ2n) is 5.54. The van der Waals surface area contributed by atoms with Gasteiger partial charge in [0.25, 0.3) is 0 Å². The molecule has 132 valence electrons. The second kappa shape index (κ2) is 8.99. The monoisotopic (exact) mass is 339 g/mol. The van der Waals surface area contributed by atoms with Crippen LogP contribution in [0.15, 0.2) is 24.3 Å². The summed E-state index contributed by atoms with van der Waals surface area (Å²) in [7, 11) is 0. The van der Waals surface area contributed by atoms with Crippen LogP contribution in [0.25, 0.3) is 0 Å². The average molecular weight is 339 g/mol. The molecule has 2 rings (SSSR count). The number of aliphatic hydroxyl groups is 2. The largest absolute Gasteiger partial charge is 0.479 e. The van der Waals surface area contributed by atoms with Crippen LogP contribution >= 0.6 is 0 Å². The van der Waals surface area contributed by atoms with E-state index < -0.39 is 24.1 Å². The van der Waals surface area contributed by atoms with Gasteiger partial charge in [-0.05, 0) is 29.9 Å². The quantitative estimate of drug-likeness (QED) is 0.482. The molecule has 0 aliphatic heterocycles. The Balaban J connectivity index is 0.000000257. The van der Waals surface area contributed by atoms with E-state index >= 15 is 0 Å². The molecule has 1 amide bonds. The van der Waals surface area contributed by atoms with Crippen molar-refractivity contribution in [3.8, 4) is 0 Å². The van der Waals surface area contributed by atoms with Crippen LogP contribution in [-0.4, -0.2) is 50.5 Å². The number of aliphatic carboxylic acids is 2. The number of benzene rings is 1. The molecule has 8 heteroatoms. The molecule has 0 spiro atoms. The van der Waals surface area contributed by atoms with Gasteiger partial charge in [-0.3, -0.25) is 4.79 Å². The zero-order chi connectivity index (χ0) is 18.3. The van der Waals surface area contributed by atoms with Gasteiger partial charge in [0, 0.05) is 0 Å². The normalized spacial score (nSPS) is 16.1. The van der Waals surface area contributed by atoms with Crippen LogP contribution in [0.5, 0.6) is 0 Å². The molecule has 1 aliphatic carbocycles. The topological polar surface area (TPSA) is 158 Å². The van der Waals surface area contributed by atoms with Crippen LogP contribution in [0.1, 0.15) is 36.3 Å². The van der Waals surface area contributed by atoms with Gasteiger partial charge in [0.2, 0.25) is 5.91 Å². The molecule has 0 radical (unpaired) electrons. The molecule has 0 bridgehead atoms. The van der Waals surface area contributed by atoms with E-state index in [2.05, 4.69) is 6.07 Å². The fourth-order valence-electron chi connectivity index (χ4n) is 2.27. The molecule has 0 heterocycles. The summed E-state index contributed by atoms with van der Waals surface area (Å²) in [5.74, 6) is -3.10. The third-order valence-electron chi connectivity index (χ3n) is 3.77. The lowest BCUT2D eigenvalue weighted by Crippen LogP contribution is -2.39. The molecule has 1 fully saturated rings. The van der Waals surface area contributed by atoms with Crippen molar-refractivity contribution in [1.82, 2.24) is 0 Å². The first-order chi connectivity index (χ1) is 11.2. The highest BCUT2D eigenvalue weighted by Crippen LogP contribution is 2.37. The number of hydrogen-bond acceptors (Lipinski definition) is 5. The van der Waals surface area contributed by atoms with Crippen molar-refractivity contribution in [3.63, 3.8) is 0 Å². The Morgan fingerprint density at radius 2 is 1.54 bits per heavy atom. The van der Waals surface area contributed by atoms with E-state index in [0.29, 0.717) is 12.3 Å². The Bertz CT molecular complexity index is 580. The van der Waals surface area contributed by atoms with Crippen molar-refractivity contribution < 1.29 is 34.8 Å². The Morgan fingerprint density at radius 3 is 1.92 bits per heavy atom. The molecule has 2 unspecified atom stereocenters. The second-order valence-corrected chi connectivity index (χ2v) is 5.54. The Hall–Kier alpha value is -2.45. The van der Waals surface area contributed by atoms with Crippen LogP contribution in [-0.2, 0) is 20.8 Å². The first-order valence-electron chi connectivity index (χ1n) is 7.41. The van der Waals surface area contributed by atoms with Crippen LogP contribution in [0.2, 0.25) is 0 Å². The minimum absolute atomic E-state index is 0.239. The maximum Gasteiger partial charge on any atom is 0.335 e. The first-order valence-corrected chi connectivity index (χ1v) is 7.41. The predicted molar refractivity (Wildman–Crippen MR) is 83.2 cm³/mol. The maximum absolute atomic E-state index is 10.9. The first kappa shape index (κ1) is 19.6. The molecule has 0 saturated heterocycles. The standard InChI is InChI=1S/C12H15NO.C4H6O6/c13-12(14)8-10-4-1-2-7-11(10)9-5-3-6-9;5-1(3(7)8)2(6)4(9)10/h1-2,4,7,9H,3,5-6,8H2,(H2,13,14);1-2,5-6H,(H,7,8)(H,9,10). The summed E-state index contributed by atoms with van der Waals surface area (Å²) in [6.07, 6.45) is -0.316. The van der Waals surface area contributed by atoms with Gasteiger partial charge < -0.3 is 26.2 Å². The maximum atomic E-state index is 10.9. The van der Waals surface area contributed by atoms with E-state index in [0.717, 1.165) is 5.56 Å². The zero-order valence-electron chi connectivity index (χ0n) is 13.0. The number of hydrogen-bond donors (Lipinski definition) is 5. The highest BCUT2D eigenvalue weighted by atomic mass is 16.4. The van der Waals surface area contributed by atoms with E-state index in [9.17, 15) is 14.4 Å². The molecule has 6 N–H and O–H groups in total. The van der Waals surface area contributed by atoms with E-state index in [1.165, 1.54) is 24.8 Å². The van der Waals surface area contributed by atoms with E-state index in [1.807, 2.05) is 18.2 Å². The van der Waals surface area contributed by atoms with Gasteiger partial charge in [0.05, 0.1) is 6.42 Å². The van der Waals surface area contributed by atoms with Crippen molar-refractivity contribution in [1.29, 1.82) is 0 Å². The molecule has 24 heavy (non-hydrogen) atoms. The summed E-state index contributed by atoms with van der Waals surface area (Å²) in [6.45, 7) is 0. The lowest BCUT2D eigenvalue weighted by Gasteiger charge is -2.27. The molecular weight excluding hydrogens is 318 g/mol. The summed E-state index contributed by atoms with van der Waals surface area (Å²) in [4.78, 5) is 30.4. The lowest BCUT2D eigenvalue weighted by molar-refractivity contribution is -0.165. The van der Waals surface area contributed by atoms with Gasteiger partial charge in [-0.15, -0.1) is 0 Å². The minimum atomic E-state index is -2.27. The van der Waals surface area contributed by atoms with Crippen LogP contribution < -0.4 is 5.73 Å². The Kier molecular flexibility index (Phi) is 7.34. The highest BCUT2D eigenvalue weighted by molar-refractivity contribution is 5.83. The number of amides is 1. The van der Waals surface area contributed by atoms with Gasteiger partial charge in [-0.1, -0.05) is 30.7 Å². The van der Waals surface area contributed by atoms with Gasteiger partial charge in [-0.25, -0.2) is 9.59 Å². The van der Waals surface area contributed by atoms with Crippen molar-refractivity contribution in [2.45, 2.75) is 43.8 Å². The molecule has 1 aromatic carbocycles. The zero-order valence-corrected chi connectivity index (χ0v) is 13.0. The van der Waals surface area contributed by atoms with Gasteiger partial charge in [0.1, 0.15) is 0 Å². The van der Waals surface area contributed by atoms with Crippen molar-refractivity contribution in [2.24, 2.45) is 5.73 Å². The Labute approximate surface area is 138 Å². The number of carbonyl (C=O) groups excluding carboxylic acids is 1. The van der Waals surface area contributed by atoms with E-state index in [-0.39, 0.29) is 5.91 Å². The van der Waals surface area contributed by atoms with Gasteiger partial charge >= 0.3 is 11.9 Å². The van der Waals surface area contributed by atoms with Crippen molar-refractivity contribution >= 4 is 17.8 Å². The summed E-state index contributed by atoms with van der Waals surface area (Å²) >= 11 is 0. The van der Waals surface area contributed by atoms with Gasteiger partial charge in [-0.2, -0.15) is 0 Å². The van der Waals surface area contributed by atoms with Gasteiger partial charge in [0.15, 0.2) is 12.2 Å².